The predicted molar refractivity (Wildman–Crippen MR) is 130 cm³/mol. The number of likely N-dealkylation sites (tertiary alicyclic amines) is 1. The van der Waals surface area contributed by atoms with Gasteiger partial charge in [0.15, 0.2) is 5.65 Å². The van der Waals surface area contributed by atoms with Crippen LogP contribution in [-0.4, -0.2) is 50.8 Å². The van der Waals surface area contributed by atoms with E-state index in [0.29, 0.717) is 18.0 Å². The van der Waals surface area contributed by atoms with Crippen molar-refractivity contribution < 1.29 is 9.53 Å². The van der Waals surface area contributed by atoms with Gasteiger partial charge in [-0.15, -0.1) is 11.3 Å². The summed E-state index contributed by atoms with van der Waals surface area (Å²) in [5.74, 6) is 1.16. The lowest BCUT2D eigenvalue weighted by Crippen LogP contribution is -2.40. The number of fused-ring (bicyclic) bond motifs is 1. The van der Waals surface area contributed by atoms with Crippen molar-refractivity contribution in [2.45, 2.75) is 18.9 Å². The molecule has 0 saturated carbocycles. The molecule has 168 valence electrons. The number of benzene rings is 1. The molecule has 1 amide bonds. The van der Waals surface area contributed by atoms with E-state index in [1.807, 2.05) is 33.8 Å². The number of rotatable bonds is 5. The molecule has 4 heterocycles. The molecule has 1 saturated heterocycles. The van der Waals surface area contributed by atoms with Crippen LogP contribution >= 0.6 is 11.3 Å². The Bertz CT molecular complexity index is 1330. The number of thiophene rings is 1. The number of anilines is 1. The van der Waals surface area contributed by atoms with Crippen LogP contribution in [0.3, 0.4) is 0 Å². The van der Waals surface area contributed by atoms with Crippen LogP contribution in [0.25, 0.3) is 32.7 Å². The van der Waals surface area contributed by atoms with Crippen molar-refractivity contribution in [3.63, 3.8) is 0 Å². The summed E-state index contributed by atoms with van der Waals surface area (Å²) in [6, 6.07) is 10.1. The summed E-state index contributed by atoms with van der Waals surface area (Å²) in [5.41, 5.74) is 9.80. The van der Waals surface area contributed by atoms with Crippen molar-refractivity contribution in [3.8, 4) is 27.4 Å². The van der Waals surface area contributed by atoms with Crippen molar-refractivity contribution in [2.75, 3.05) is 25.9 Å². The summed E-state index contributed by atoms with van der Waals surface area (Å²) < 4.78 is 7.18. The van der Waals surface area contributed by atoms with Crippen molar-refractivity contribution in [1.82, 2.24) is 24.6 Å². The Morgan fingerprint density at radius 2 is 2.09 bits per heavy atom. The van der Waals surface area contributed by atoms with Gasteiger partial charge in [-0.25, -0.2) is 14.6 Å². The van der Waals surface area contributed by atoms with E-state index in [4.69, 9.17) is 15.6 Å². The molecule has 8 nitrogen and oxygen atoms in total. The molecule has 1 aliphatic rings. The zero-order chi connectivity index (χ0) is 22.9. The zero-order valence-electron chi connectivity index (χ0n) is 18.3. The number of nitrogens with zero attached hydrogens (tertiary/aromatic N) is 5. The molecule has 2 N–H and O–H groups in total. The van der Waals surface area contributed by atoms with E-state index in [1.165, 1.54) is 12.4 Å². The Kier molecular flexibility index (Phi) is 5.55. The van der Waals surface area contributed by atoms with E-state index in [0.717, 1.165) is 52.2 Å². The third-order valence-corrected chi connectivity index (χ3v) is 6.97. The smallest absolute Gasteiger partial charge is 0.246 e. The molecule has 0 bridgehead atoms. The second kappa shape index (κ2) is 8.67. The second-order valence-corrected chi connectivity index (χ2v) is 8.87. The first kappa shape index (κ1) is 21.1. The highest BCUT2D eigenvalue weighted by atomic mass is 32.1. The van der Waals surface area contributed by atoms with Crippen LogP contribution in [0.5, 0.6) is 5.75 Å². The van der Waals surface area contributed by atoms with E-state index in [-0.39, 0.29) is 11.9 Å². The van der Waals surface area contributed by atoms with Gasteiger partial charge in [-0.2, -0.15) is 5.10 Å². The van der Waals surface area contributed by atoms with E-state index in [2.05, 4.69) is 28.0 Å². The number of hydrogen-bond donors (Lipinski definition) is 1. The minimum atomic E-state index is -0.0625. The molecule has 9 heteroatoms. The molecule has 1 fully saturated rings. The van der Waals surface area contributed by atoms with Crippen molar-refractivity contribution in [2.24, 2.45) is 0 Å². The third-order valence-electron chi connectivity index (χ3n) is 5.99. The Morgan fingerprint density at radius 1 is 1.27 bits per heavy atom. The van der Waals surface area contributed by atoms with Gasteiger partial charge in [0, 0.05) is 28.9 Å². The number of carbonyl (C=O) groups is 1. The summed E-state index contributed by atoms with van der Waals surface area (Å²) in [7, 11) is 1.66. The van der Waals surface area contributed by atoms with Gasteiger partial charge in [-0.3, -0.25) is 4.79 Å². The molecule has 0 aliphatic carbocycles. The molecule has 4 aromatic rings. The van der Waals surface area contributed by atoms with E-state index in [9.17, 15) is 4.79 Å². The van der Waals surface area contributed by atoms with E-state index < -0.39 is 0 Å². The van der Waals surface area contributed by atoms with Crippen molar-refractivity contribution in [1.29, 1.82) is 0 Å². The van der Waals surface area contributed by atoms with Crippen LogP contribution < -0.4 is 10.5 Å². The number of nitrogens with two attached hydrogens (primary N) is 1. The van der Waals surface area contributed by atoms with E-state index >= 15 is 0 Å². The average molecular weight is 461 g/mol. The SMILES string of the molecule is C=CC(=O)N1CCCC(n2nc(-c3csc(-c4ccc(OC)cc4)c3)c3c(N)ncnc32)C1. The number of hydrogen-bond acceptors (Lipinski definition) is 7. The second-order valence-electron chi connectivity index (χ2n) is 7.96. The fraction of sp³-hybridized carbons (Fsp3) is 0.250. The quantitative estimate of drug-likeness (QED) is 0.449. The molecule has 33 heavy (non-hydrogen) atoms. The maximum Gasteiger partial charge on any atom is 0.246 e. The highest BCUT2D eigenvalue weighted by Crippen LogP contribution is 2.38. The highest BCUT2D eigenvalue weighted by molar-refractivity contribution is 7.14. The highest BCUT2D eigenvalue weighted by Gasteiger charge is 2.28. The largest absolute Gasteiger partial charge is 0.497 e. The maximum atomic E-state index is 12.2. The monoisotopic (exact) mass is 460 g/mol. The first-order chi connectivity index (χ1) is 16.1. The van der Waals surface area contributed by atoms with Crippen LogP contribution in [0.1, 0.15) is 18.9 Å². The predicted octanol–water partition coefficient (Wildman–Crippen LogP) is 4.16. The summed E-state index contributed by atoms with van der Waals surface area (Å²) in [5, 5.41) is 7.77. The Labute approximate surface area is 195 Å². The summed E-state index contributed by atoms with van der Waals surface area (Å²) in [6.07, 6.45) is 4.62. The van der Waals surface area contributed by atoms with E-state index in [1.54, 1.807) is 18.4 Å². The number of carbonyl (C=O) groups excluding carboxylic acids is 1. The molecule has 0 spiro atoms. The lowest BCUT2D eigenvalue weighted by Gasteiger charge is -2.32. The molecule has 1 atom stereocenters. The van der Waals surface area contributed by atoms with Gasteiger partial charge in [0.25, 0.3) is 0 Å². The molecule has 5 rings (SSSR count). The summed E-state index contributed by atoms with van der Waals surface area (Å²) >= 11 is 1.64. The Hall–Kier alpha value is -3.72. The number of ether oxygens (including phenoxy) is 1. The van der Waals surface area contributed by atoms with Gasteiger partial charge < -0.3 is 15.4 Å². The minimum Gasteiger partial charge on any atom is -0.497 e. The van der Waals surface area contributed by atoms with Gasteiger partial charge in [-0.05, 0) is 54.8 Å². The molecule has 0 radical (unpaired) electrons. The van der Waals surface area contributed by atoms with Gasteiger partial charge in [0.2, 0.25) is 5.91 Å². The van der Waals surface area contributed by atoms with Gasteiger partial charge in [0.1, 0.15) is 23.6 Å². The summed E-state index contributed by atoms with van der Waals surface area (Å²) in [4.78, 5) is 23.8. The first-order valence-electron chi connectivity index (χ1n) is 10.7. The Balaban J connectivity index is 1.55. The minimum absolute atomic E-state index is 0.00731. The fourth-order valence-electron chi connectivity index (χ4n) is 4.30. The van der Waals surface area contributed by atoms with Crippen LogP contribution in [0, 0.1) is 0 Å². The zero-order valence-corrected chi connectivity index (χ0v) is 19.1. The topological polar surface area (TPSA) is 99.2 Å². The number of piperidine rings is 1. The normalized spacial score (nSPS) is 16.2. The van der Waals surface area contributed by atoms with Gasteiger partial charge >= 0.3 is 0 Å². The molecule has 1 aliphatic heterocycles. The molecular formula is C24H24N6O2S. The standard InChI is InChI=1S/C24H24N6O2S/c1-3-20(31)29-10-4-5-17(12-29)30-24-21(23(25)26-14-27-24)22(28-30)16-11-19(33-13-16)15-6-8-18(32-2)9-7-15/h3,6-9,11,13-14,17H,1,4-5,10,12H2,2H3,(H2,25,26,27). The molecular weight excluding hydrogens is 436 g/mol. The number of methoxy groups -OCH3 is 1. The van der Waals surface area contributed by atoms with Crippen molar-refractivity contribution >= 4 is 34.1 Å². The first-order valence-corrected chi connectivity index (χ1v) is 11.6. The number of nitrogen functional groups attached to an aromatic ring is 1. The number of aromatic nitrogens is 4. The lowest BCUT2D eigenvalue weighted by molar-refractivity contribution is -0.127. The van der Waals surface area contributed by atoms with Crippen LogP contribution in [-0.2, 0) is 4.79 Å². The lowest BCUT2D eigenvalue weighted by atomic mass is 10.1. The fourth-order valence-corrected chi connectivity index (χ4v) is 5.20. The maximum absolute atomic E-state index is 12.2. The number of amides is 1. The van der Waals surface area contributed by atoms with Crippen LogP contribution in [0.2, 0.25) is 0 Å². The third kappa shape index (κ3) is 3.84. The molecule has 3 aromatic heterocycles. The molecule has 1 aromatic carbocycles. The summed E-state index contributed by atoms with van der Waals surface area (Å²) in [6.45, 7) is 4.90. The van der Waals surface area contributed by atoms with Crippen molar-refractivity contribution in [3.05, 3.63) is 54.7 Å². The van der Waals surface area contributed by atoms with Gasteiger partial charge in [0.05, 0.1) is 18.5 Å². The average Bonchev–Trinajstić information content (AvgIpc) is 3.50. The van der Waals surface area contributed by atoms with Crippen LogP contribution in [0.15, 0.2) is 54.7 Å². The molecule has 1 unspecified atom stereocenters. The van der Waals surface area contributed by atoms with Crippen LogP contribution in [0.4, 0.5) is 5.82 Å². The van der Waals surface area contributed by atoms with Gasteiger partial charge in [-0.1, -0.05) is 6.58 Å². The Morgan fingerprint density at radius 3 is 2.85 bits per heavy atom.